The monoisotopic (exact) mass is 484 g/mol. The Bertz CT molecular complexity index is 1020. The summed E-state index contributed by atoms with van der Waals surface area (Å²) in [5.41, 5.74) is 3.25. The molecule has 0 spiro atoms. The maximum Gasteiger partial charge on any atom is 0.331 e. The number of hydrogen-bond donors (Lipinski definition) is 3. The standard InChI is InChI=1S/C27H33ClN2O4/c1-4-21(5-2)34-25-15-20(27(32)33)14-24(26(25)30-17(3)31)29-16-18-11-12-22(23(28)13-18)19-9-7-6-8-10-19/h6-13,15,21,24-26,29H,4-5,14,16H2,1-3H3,(H,30,31)(H,32,33)/t24-,25+,26+/m0/s1. The quantitative estimate of drug-likeness (QED) is 0.443. The summed E-state index contributed by atoms with van der Waals surface area (Å²) in [5, 5.41) is 16.8. The van der Waals surface area contributed by atoms with Gasteiger partial charge >= 0.3 is 5.97 Å². The summed E-state index contributed by atoms with van der Waals surface area (Å²) in [7, 11) is 0. The van der Waals surface area contributed by atoms with Crippen LogP contribution in [0.15, 0.2) is 60.2 Å². The summed E-state index contributed by atoms with van der Waals surface area (Å²) in [5.74, 6) is -1.15. The molecule has 3 rings (SSSR count). The molecule has 0 aromatic heterocycles. The first kappa shape index (κ1) is 25.9. The minimum atomic E-state index is -0.971. The van der Waals surface area contributed by atoms with E-state index in [1.807, 2.05) is 62.4 Å². The van der Waals surface area contributed by atoms with Crippen LogP contribution in [0.25, 0.3) is 11.1 Å². The Morgan fingerprint density at radius 1 is 1.15 bits per heavy atom. The summed E-state index contributed by atoms with van der Waals surface area (Å²) in [6.07, 6.45) is 2.98. The number of hydrogen-bond acceptors (Lipinski definition) is 4. The molecule has 1 aliphatic rings. The molecule has 2 aromatic rings. The zero-order valence-corrected chi connectivity index (χ0v) is 20.6. The van der Waals surface area contributed by atoms with Gasteiger partial charge in [0.15, 0.2) is 0 Å². The van der Waals surface area contributed by atoms with E-state index < -0.39 is 12.1 Å². The van der Waals surface area contributed by atoms with E-state index in [1.165, 1.54) is 6.92 Å². The van der Waals surface area contributed by atoms with Crippen molar-refractivity contribution >= 4 is 23.5 Å². The minimum absolute atomic E-state index is 0.0179. The molecule has 3 N–H and O–H groups in total. The lowest BCUT2D eigenvalue weighted by atomic mass is 9.87. The number of halogens is 1. The van der Waals surface area contributed by atoms with Crippen molar-refractivity contribution in [3.05, 3.63) is 70.8 Å². The number of amides is 1. The van der Waals surface area contributed by atoms with Gasteiger partial charge in [-0.05, 0) is 42.5 Å². The molecule has 0 saturated carbocycles. The smallest absolute Gasteiger partial charge is 0.331 e. The highest BCUT2D eigenvalue weighted by Crippen LogP contribution is 2.29. The lowest BCUT2D eigenvalue weighted by Crippen LogP contribution is -2.58. The predicted octanol–water partition coefficient (Wildman–Crippen LogP) is 4.96. The summed E-state index contributed by atoms with van der Waals surface area (Å²) in [6.45, 7) is 6.00. The van der Waals surface area contributed by atoms with Crippen molar-refractivity contribution in [2.45, 2.75) is 70.9 Å². The second kappa shape index (κ2) is 12.2. The fourth-order valence-corrected chi connectivity index (χ4v) is 4.65. The molecule has 0 radical (unpaired) electrons. The van der Waals surface area contributed by atoms with Gasteiger partial charge in [0.2, 0.25) is 5.91 Å². The summed E-state index contributed by atoms with van der Waals surface area (Å²) < 4.78 is 6.23. The molecule has 6 nitrogen and oxygen atoms in total. The molecule has 3 atom stereocenters. The van der Waals surface area contributed by atoms with Crippen LogP contribution in [0, 0.1) is 0 Å². The Labute approximate surface area is 206 Å². The van der Waals surface area contributed by atoms with Crippen molar-refractivity contribution in [3.63, 3.8) is 0 Å². The largest absolute Gasteiger partial charge is 0.478 e. The van der Waals surface area contributed by atoms with Gasteiger partial charge in [0.25, 0.3) is 0 Å². The maximum atomic E-state index is 12.0. The van der Waals surface area contributed by atoms with E-state index in [4.69, 9.17) is 16.3 Å². The van der Waals surface area contributed by atoms with Crippen molar-refractivity contribution < 1.29 is 19.4 Å². The SMILES string of the molecule is CCC(CC)O[C@@H]1C=C(C(=O)O)C[C@H](NCc2ccc(-c3ccccc3)c(Cl)c2)[C@H]1NC(C)=O. The first-order chi connectivity index (χ1) is 16.3. The van der Waals surface area contributed by atoms with Crippen LogP contribution in [0.1, 0.15) is 45.6 Å². The van der Waals surface area contributed by atoms with Gasteiger partial charge in [0.1, 0.15) is 0 Å². The molecule has 0 fully saturated rings. The minimum Gasteiger partial charge on any atom is -0.478 e. The van der Waals surface area contributed by atoms with E-state index in [-0.39, 0.29) is 36.1 Å². The van der Waals surface area contributed by atoms with Gasteiger partial charge < -0.3 is 20.5 Å². The third kappa shape index (κ3) is 6.69. The van der Waals surface area contributed by atoms with Crippen LogP contribution in [-0.4, -0.2) is 41.3 Å². The van der Waals surface area contributed by atoms with Crippen molar-refractivity contribution in [1.29, 1.82) is 0 Å². The van der Waals surface area contributed by atoms with Crippen LogP contribution in [-0.2, 0) is 20.9 Å². The summed E-state index contributed by atoms with van der Waals surface area (Å²) in [6, 6.07) is 15.1. The molecule has 0 unspecified atom stereocenters. The molecule has 1 aliphatic carbocycles. The van der Waals surface area contributed by atoms with E-state index in [9.17, 15) is 14.7 Å². The Kier molecular flexibility index (Phi) is 9.28. The molecule has 0 bridgehead atoms. The normalized spacial score (nSPS) is 20.1. The zero-order valence-electron chi connectivity index (χ0n) is 19.9. The number of benzene rings is 2. The molecule has 7 heteroatoms. The van der Waals surface area contributed by atoms with Crippen LogP contribution >= 0.6 is 11.6 Å². The Morgan fingerprint density at radius 2 is 1.85 bits per heavy atom. The molecule has 182 valence electrons. The van der Waals surface area contributed by atoms with Crippen molar-refractivity contribution in [3.8, 4) is 11.1 Å². The van der Waals surface area contributed by atoms with Crippen LogP contribution in [0.5, 0.6) is 0 Å². The van der Waals surface area contributed by atoms with E-state index in [0.717, 1.165) is 29.5 Å². The van der Waals surface area contributed by atoms with Crippen LogP contribution in [0.2, 0.25) is 5.02 Å². The molecule has 34 heavy (non-hydrogen) atoms. The summed E-state index contributed by atoms with van der Waals surface area (Å²) in [4.78, 5) is 23.8. The number of carbonyl (C=O) groups excluding carboxylic acids is 1. The number of ether oxygens (including phenoxy) is 1. The van der Waals surface area contributed by atoms with Crippen molar-refractivity contribution in [1.82, 2.24) is 10.6 Å². The first-order valence-corrected chi connectivity index (χ1v) is 12.1. The maximum absolute atomic E-state index is 12.0. The number of carbonyl (C=O) groups is 2. The first-order valence-electron chi connectivity index (χ1n) is 11.8. The number of carboxylic acid groups (broad SMARTS) is 1. The average molecular weight is 485 g/mol. The van der Waals surface area contributed by atoms with Crippen LogP contribution < -0.4 is 10.6 Å². The van der Waals surface area contributed by atoms with Gasteiger partial charge in [0.05, 0.1) is 18.2 Å². The number of carboxylic acids is 1. The van der Waals surface area contributed by atoms with Crippen LogP contribution in [0.4, 0.5) is 0 Å². The third-order valence-corrected chi connectivity index (χ3v) is 6.50. The van der Waals surface area contributed by atoms with Crippen molar-refractivity contribution in [2.75, 3.05) is 0 Å². The van der Waals surface area contributed by atoms with E-state index in [1.54, 1.807) is 6.08 Å². The lowest BCUT2D eigenvalue weighted by Gasteiger charge is -2.38. The molecular weight excluding hydrogens is 452 g/mol. The third-order valence-electron chi connectivity index (χ3n) is 6.18. The fourth-order valence-electron chi connectivity index (χ4n) is 4.33. The van der Waals surface area contributed by atoms with Gasteiger partial charge in [-0.2, -0.15) is 0 Å². The van der Waals surface area contributed by atoms with E-state index >= 15 is 0 Å². The second-order valence-corrected chi connectivity index (χ2v) is 9.04. The molecular formula is C27H33ClN2O4. The fraction of sp³-hybridized carbons (Fsp3) is 0.407. The van der Waals surface area contributed by atoms with E-state index in [0.29, 0.717) is 11.6 Å². The zero-order chi connectivity index (χ0) is 24.7. The number of rotatable bonds is 10. The summed E-state index contributed by atoms with van der Waals surface area (Å²) >= 11 is 6.57. The van der Waals surface area contributed by atoms with Crippen molar-refractivity contribution in [2.24, 2.45) is 0 Å². The van der Waals surface area contributed by atoms with Gasteiger partial charge in [0, 0.05) is 35.7 Å². The lowest BCUT2D eigenvalue weighted by molar-refractivity contribution is -0.133. The molecule has 2 aromatic carbocycles. The Balaban J connectivity index is 1.80. The highest BCUT2D eigenvalue weighted by atomic mass is 35.5. The Hall–Kier alpha value is -2.67. The van der Waals surface area contributed by atoms with Gasteiger partial charge in [-0.3, -0.25) is 4.79 Å². The number of aliphatic carboxylic acids is 1. The van der Waals surface area contributed by atoms with Gasteiger partial charge in [-0.25, -0.2) is 4.79 Å². The Morgan fingerprint density at radius 3 is 2.44 bits per heavy atom. The molecule has 1 amide bonds. The predicted molar refractivity (Wildman–Crippen MR) is 135 cm³/mol. The number of nitrogens with one attached hydrogen (secondary N) is 2. The highest BCUT2D eigenvalue weighted by molar-refractivity contribution is 6.33. The molecule has 0 heterocycles. The highest BCUT2D eigenvalue weighted by Gasteiger charge is 2.37. The second-order valence-electron chi connectivity index (χ2n) is 8.63. The van der Waals surface area contributed by atoms with Gasteiger partial charge in [-0.1, -0.05) is 67.9 Å². The molecule has 0 saturated heterocycles. The molecule has 0 aliphatic heterocycles. The van der Waals surface area contributed by atoms with E-state index in [2.05, 4.69) is 10.6 Å². The average Bonchev–Trinajstić information content (AvgIpc) is 2.82. The topological polar surface area (TPSA) is 87.7 Å². The van der Waals surface area contributed by atoms with Crippen LogP contribution in [0.3, 0.4) is 0 Å². The van der Waals surface area contributed by atoms with Gasteiger partial charge in [-0.15, -0.1) is 0 Å².